The molecule has 0 spiro atoms. The topological polar surface area (TPSA) is 143 Å². The van der Waals surface area contributed by atoms with Gasteiger partial charge in [-0.2, -0.15) is 0 Å². The van der Waals surface area contributed by atoms with E-state index in [1.54, 1.807) is 0 Å². The molecule has 110 valence electrons. The van der Waals surface area contributed by atoms with Gasteiger partial charge >= 0.3 is 6.09 Å². The molecule has 9 heteroatoms. The number of carbonyl (C=O) groups excluding carboxylic acids is 3. The molecule has 6 N–H and O–H groups in total. The largest absolute Gasteiger partial charge is 0.453 e. The Labute approximate surface area is 110 Å². The quantitative estimate of drug-likeness (QED) is 0.305. The molecule has 1 atom stereocenters. The predicted molar refractivity (Wildman–Crippen MR) is 66.1 cm³/mol. The molecule has 3 amide bonds. The number of amides is 3. The van der Waals surface area contributed by atoms with Crippen LogP contribution in [0.5, 0.6) is 0 Å². The highest BCUT2D eigenvalue weighted by atomic mass is 16.5. The number of hydrogen-bond acceptors (Lipinski definition) is 6. The van der Waals surface area contributed by atoms with Crippen LogP contribution in [0.1, 0.15) is 6.42 Å². The minimum absolute atomic E-state index is 0.0944. The molecule has 19 heavy (non-hydrogen) atoms. The van der Waals surface area contributed by atoms with Gasteiger partial charge < -0.3 is 31.5 Å². The molecule has 0 aliphatic carbocycles. The van der Waals surface area contributed by atoms with Gasteiger partial charge in [-0.15, -0.1) is 0 Å². The van der Waals surface area contributed by atoms with Gasteiger partial charge in [-0.3, -0.25) is 9.59 Å². The third-order valence-electron chi connectivity index (χ3n) is 2.06. The Morgan fingerprint density at radius 2 is 1.79 bits per heavy atom. The number of rotatable bonds is 8. The second-order valence-corrected chi connectivity index (χ2v) is 3.59. The summed E-state index contributed by atoms with van der Waals surface area (Å²) in [6.45, 7) is 0.324. The van der Waals surface area contributed by atoms with Gasteiger partial charge in [0.2, 0.25) is 11.8 Å². The zero-order valence-corrected chi connectivity index (χ0v) is 10.8. The van der Waals surface area contributed by atoms with E-state index in [4.69, 9.17) is 10.8 Å². The number of methoxy groups -OCH3 is 1. The van der Waals surface area contributed by atoms with Crippen LogP contribution in [0.4, 0.5) is 4.79 Å². The van der Waals surface area contributed by atoms with Crippen molar-refractivity contribution >= 4 is 17.9 Å². The van der Waals surface area contributed by atoms with Gasteiger partial charge in [-0.05, 0) is 0 Å². The third-order valence-corrected chi connectivity index (χ3v) is 2.06. The van der Waals surface area contributed by atoms with Crippen molar-refractivity contribution in [2.75, 3.05) is 33.4 Å². The molecule has 0 aromatic heterocycles. The van der Waals surface area contributed by atoms with Gasteiger partial charge in [-0.1, -0.05) is 0 Å². The number of carbonyl (C=O) groups is 3. The fourth-order valence-electron chi connectivity index (χ4n) is 1.11. The van der Waals surface area contributed by atoms with E-state index in [-0.39, 0.29) is 32.7 Å². The van der Waals surface area contributed by atoms with Crippen LogP contribution < -0.4 is 21.7 Å². The summed E-state index contributed by atoms with van der Waals surface area (Å²) in [6.07, 6.45) is -0.760. The average molecular weight is 276 g/mol. The lowest BCUT2D eigenvalue weighted by Gasteiger charge is -2.11. The van der Waals surface area contributed by atoms with Gasteiger partial charge in [0, 0.05) is 19.6 Å². The zero-order valence-electron chi connectivity index (χ0n) is 10.8. The second kappa shape index (κ2) is 10.1. The molecule has 0 saturated carbocycles. The summed E-state index contributed by atoms with van der Waals surface area (Å²) in [5, 5.41) is 15.7. The smallest absolute Gasteiger partial charge is 0.406 e. The molecular weight excluding hydrogens is 256 g/mol. The van der Waals surface area contributed by atoms with Crippen molar-refractivity contribution in [1.29, 1.82) is 0 Å². The number of aliphatic hydroxyl groups excluding tert-OH is 1. The number of alkyl carbamates (subject to hydrolysis) is 1. The zero-order chi connectivity index (χ0) is 14.7. The molecule has 0 aromatic rings. The van der Waals surface area contributed by atoms with Crippen LogP contribution in [-0.4, -0.2) is 62.4 Å². The minimum Gasteiger partial charge on any atom is -0.453 e. The van der Waals surface area contributed by atoms with Crippen LogP contribution in [-0.2, 0) is 14.3 Å². The van der Waals surface area contributed by atoms with Crippen LogP contribution in [0, 0.1) is 0 Å². The van der Waals surface area contributed by atoms with Crippen LogP contribution in [0.2, 0.25) is 0 Å². The van der Waals surface area contributed by atoms with Crippen LogP contribution in [0.25, 0.3) is 0 Å². The van der Waals surface area contributed by atoms with Crippen molar-refractivity contribution in [1.82, 2.24) is 16.0 Å². The number of hydrogen-bond donors (Lipinski definition) is 5. The molecule has 0 aliphatic heterocycles. The third kappa shape index (κ3) is 8.80. The summed E-state index contributed by atoms with van der Waals surface area (Å²) in [5.41, 5.74) is 5.49. The van der Waals surface area contributed by atoms with Crippen molar-refractivity contribution < 1.29 is 24.2 Å². The van der Waals surface area contributed by atoms with Crippen molar-refractivity contribution in [2.45, 2.75) is 12.5 Å². The normalized spacial score (nSPS) is 11.3. The van der Waals surface area contributed by atoms with Crippen molar-refractivity contribution in [3.8, 4) is 0 Å². The molecule has 0 bridgehead atoms. The first-order chi connectivity index (χ1) is 9.01. The van der Waals surface area contributed by atoms with Crippen molar-refractivity contribution in [3.05, 3.63) is 0 Å². The first-order valence-corrected chi connectivity index (χ1v) is 5.74. The number of nitrogens with one attached hydrogen (secondary N) is 3. The number of ether oxygens (including phenoxy) is 1. The minimum atomic E-state index is -0.972. The van der Waals surface area contributed by atoms with Crippen LogP contribution in [0.15, 0.2) is 0 Å². The van der Waals surface area contributed by atoms with Crippen molar-refractivity contribution in [2.24, 2.45) is 5.73 Å². The van der Waals surface area contributed by atoms with E-state index in [1.165, 1.54) is 7.11 Å². The van der Waals surface area contributed by atoms with Gasteiger partial charge in [0.25, 0.3) is 0 Å². The lowest BCUT2D eigenvalue weighted by atomic mass is 10.2. The van der Waals surface area contributed by atoms with E-state index in [0.717, 1.165) is 0 Å². The maximum Gasteiger partial charge on any atom is 0.406 e. The molecule has 0 rings (SSSR count). The standard InChI is InChI=1S/C10H20N4O5/c1-19-10(18)14-3-2-12-8(16)6-7(11)9(17)13-4-5-15/h7,15H,2-6,11H2,1H3,(H,12,16)(H,13,17)(H,14,18). The van der Waals surface area contributed by atoms with Gasteiger partial charge in [0.05, 0.1) is 26.2 Å². The number of aliphatic hydroxyl groups is 1. The maximum atomic E-state index is 11.4. The average Bonchev–Trinajstić information content (AvgIpc) is 2.40. The summed E-state index contributed by atoms with van der Waals surface area (Å²) in [4.78, 5) is 33.4. The van der Waals surface area contributed by atoms with E-state index in [0.29, 0.717) is 0 Å². The molecule has 0 aliphatic rings. The fraction of sp³-hybridized carbons (Fsp3) is 0.700. The summed E-state index contributed by atoms with van der Waals surface area (Å²) in [5.74, 6) is -0.907. The van der Waals surface area contributed by atoms with Gasteiger partial charge in [-0.25, -0.2) is 4.79 Å². The molecule has 0 heterocycles. The lowest BCUT2D eigenvalue weighted by molar-refractivity contribution is -0.127. The molecule has 0 aromatic carbocycles. The van der Waals surface area contributed by atoms with E-state index in [2.05, 4.69) is 20.7 Å². The Morgan fingerprint density at radius 3 is 2.37 bits per heavy atom. The molecule has 9 nitrogen and oxygen atoms in total. The highest BCUT2D eigenvalue weighted by molar-refractivity contribution is 5.88. The van der Waals surface area contributed by atoms with E-state index < -0.39 is 23.9 Å². The Balaban J connectivity index is 3.73. The lowest BCUT2D eigenvalue weighted by Crippen LogP contribution is -2.45. The van der Waals surface area contributed by atoms with Gasteiger partial charge in [0.15, 0.2) is 0 Å². The maximum absolute atomic E-state index is 11.4. The second-order valence-electron chi connectivity index (χ2n) is 3.59. The predicted octanol–water partition coefficient (Wildman–Crippen LogP) is -2.72. The fourth-order valence-corrected chi connectivity index (χ4v) is 1.11. The Bertz CT molecular complexity index is 310. The highest BCUT2D eigenvalue weighted by Crippen LogP contribution is 1.88. The molecule has 0 fully saturated rings. The van der Waals surface area contributed by atoms with E-state index >= 15 is 0 Å². The first kappa shape index (κ1) is 17.1. The Morgan fingerprint density at radius 1 is 1.16 bits per heavy atom. The highest BCUT2D eigenvalue weighted by Gasteiger charge is 2.16. The number of nitrogens with two attached hydrogens (primary N) is 1. The molecule has 0 saturated heterocycles. The first-order valence-electron chi connectivity index (χ1n) is 5.74. The molecular formula is C10H20N4O5. The van der Waals surface area contributed by atoms with Crippen LogP contribution >= 0.6 is 0 Å². The summed E-state index contributed by atoms with van der Waals surface area (Å²) in [6, 6.07) is -0.972. The monoisotopic (exact) mass is 276 g/mol. The summed E-state index contributed by atoms with van der Waals surface area (Å²) < 4.78 is 4.33. The molecule has 1 unspecified atom stereocenters. The molecule has 0 radical (unpaired) electrons. The summed E-state index contributed by atoms with van der Waals surface area (Å²) in [7, 11) is 1.23. The Hall–Kier alpha value is -1.87. The van der Waals surface area contributed by atoms with E-state index in [1.807, 2.05) is 0 Å². The summed E-state index contributed by atoms with van der Waals surface area (Å²) >= 11 is 0. The Kier molecular flexibility index (Phi) is 9.10. The van der Waals surface area contributed by atoms with E-state index in [9.17, 15) is 14.4 Å². The van der Waals surface area contributed by atoms with Gasteiger partial charge in [0.1, 0.15) is 0 Å². The van der Waals surface area contributed by atoms with Crippen LogP contribution in [0.3, 0.4) is 0 Å². The SMILES string of the molecule is COC(=O)NCCNC(=O)CC(N)C(=O)NCCO. The van der Waals surface area contributed by atoms with Crippen molar-refractivity contribution in [3.63, 3.8) is 0 Å².